The number of piperazine rings is 1. The van der Waals surface area contributed by atoms with Gasteiger partial charge < -0.3 is 19.7 Å². The van der Waals surface area contributed by atoms with Gasteiger partial charge in [-0.25, -0.2) is 8.78 Å². The number of nitrogens with one attached hydrogen (secondary N) is 2. The summed E-state index contributed by atoms with van der Waals surface area (Å²) in [6.45, 7) is 4.93. The summed E-state index contributed by atoms with van der Waals surface area (Å²) in [5.41, 5.74) is 1.18. The number of ether oxygens (including phenoxy) is 2. The molecule has 1 saturated carbocycles. The highest BCUT2D eigenvalue weighted by molar-refractivity contribution is 5.78. The Morgan fingerprint density at radius 3 is 2.81 bits per heavy atom. The first kappa shape index (κ1) is 22.6. The van der Waals surface area contributed by atoms with Gasteiger partial charge in [-0.2, -0.15) is 5.10 Å². The fourth-order valence-electron chi connectivity index (χ4n) is 4.06. The van der Waals surface area contributed by atoms with Crippen LogP contribution in [0.25, 0.3) is 0 Å². The molecule has 1 aliphatic heterocycles. The van der Waals surface area contributed by atoms with Crippen LogP contribution < -0.4 is 10.1 Å². The molecule has 2 fully saturated rings. The molecule has 0 radical (unpaired) electrons. The minimum atomic E-state index is -0.729. The lowest BCUT2D eigenvalue weighted by Gasteiger charge is -2.34. The van der Waals surface area contributed by atoms with Crippen LogP contribution in [-0.2, 0) is 16.1 Å². The molecule has 4 rings (SSSR count). The second kappa shape index (κ2) is 10.4. The van der Waals surface area contributed by atoms with Gasteiger partial charge >= 0.3 is 0 Å². The monoisotopic (exact) mass is 449 g/mol. The molecular weight excluding hydrogens is 420 g/mol. The molecular formula is C22H29F2N5O3. The SMILES string of the molecule is COCCN1CCN(C(=O)CNC2CC2c2cc(F)cc(F)c2OCc2ccn[nH]2)CC1. The zero-order valence-corrected chi connectivity index (χ0v) is 18.2. The maximum atomic E-state index is 14.4. The minimum absolute atomic E-state index is 0.0161. The van der Waals surface area contributed by atoms with Gasteiger partial charge in [-0.1, -0.05) is 0 Å². The predicted molar refractivity (Wildman–Crippen MR) is 113 cm³/mol. The van der Waals surface area contributed by atoms with Gasteiger partial charge in [0.2, 0.25) is 5.91 Å². The zero-order valence-electron chi connectivity index (χ0n) is 18.2. The molecule has 1 aromatic heterocycles. The van der Waals surface area contributed by atoms with E-state index >= 15 is 0 Å². The lowest BCUT2D eigenvalue weighted by Crippen LogP contribution is -2.51. The smallest absolute Gasteiger partial charge is 0.236 e. The van der Waals surface area contributed by atoms with E-state index in [1.807, 2.05) is 4.90 Å². The van der Waals surface area contributed by atoms with E-state index < -0.39 is 11.6 Å². The number of aromatic amines is 1. The van der Waals surface area contributed by atoms with E-state index in [0.29, 0.717) is 37.4 Å². The maximum Gasteiger partial charge on any atom is 0.236 e. The van der Waals surface area contributed by atoms with Crippen molar-refractivity contribution in [1.29, 1.82) is 0 Å². The zero-order chi connectivity index (χ0) is 22.5. The van der Waals surface area contributed by atoms with Crippen molar-refractivity contribution in [3.05, 3.63) is 47.3 Å². The molecule has 1 amide bonds. The standard InChI is InChI=1S/C22H29F2N5O3/c1-31-9-8-28-4-6-29(7-5-28)21(30)13-25-20-12-17(20)18-10-15(23)11-19(24)22(18)32-14-16-2-3-26-27-16/h2-3,10-11,17,20,25H,4-9,12-14H2,1H3,(H,26,27). The number of hydrogen-bond donors (Lipinski definition) is 2. The van der Waals surface area contributed by atoms with Crippen molar-refractivity contribution in [1.82, 2.24) is 25.3 Å². The number of hydrogen-bond acceptors (Lipinski definition) is 6. The van der Waals surface area contributed by atoms with Gasteiger partial charge in [-0.05, 0) is 18.6 Å². The van der Waals surface area contributed by atoms with Crippen LogP contribution in [0.5, 0.6) is 5.75 Å². The number of H-pyrrole nitrogens is 1. The summed E-state index contributed by atoms with van der Waals surface area (Å²) in [7, 11) is 1.68. The Morgan fingerprint density at radius 2 is 2.09 bits per heavy atom. The summed E-state index contributed by atoms with van der Waals surface area (Å²) in [6, 6.07) is 3.86. The molecule has 1 aromatic carbocycles. The van der Waals surface area contributed by atoms with E-state index in [2.05, 4.69) is 20.4 Å². The van der Waals surface area contributed by atoms with Crippen LogP contribution in [0.15, 0.2) is 24.4 Å². The van der Waals surface area contributed by atoms with E-state index in [0.717, 1.165) is 25.7 Å². The average Bonchev–Trinajstić information content (AvgIpc) is 3.38. The summed E-state index contributed by atoms with van der Waals surface area (Å²) in [5, 5.41) is 9.83. The highest BCUT2D eigenvalue weighted by Crippen LogP contribution is 2.46. The molecule has 32 heavy (non-hydrogen) atoms. The Bertz CT molecular complexity index is 903. The van der Waals surface area contributed by atoms with Gasteiger partial charge in [0.15, 0.2) is 11.6 Å². The summed E-state index contributed by atoms with van der Waals surface area (Å²) in [6.07, 6.45) is 2.28. The molecule has 8 nitrogen and oxygen atoms in total. The lowest BCUT2D eigenvalue weighted by atomic mass is 10.1. The quantitative estimate of drug-likeness (QED) is 0.572. The lowest BCUT2D eigenvalue weighted by molar-refractivity contribution is -0.132. The molecule has 2 N–H and O–H groups in total. The van der Waals surface area contributed by atoms with Crippen LogP contribution in [0.2, 0.25) is 0 Å². The number of halogens is 2. The molecule has 0 spiro atoms. The van der Waals surface area contributed by atoms with Gasteiger partial charge in [0.25, 0.3) is 0 Å². The van der Waals surface area contributed by atoms with Crippen LogP contribution >= 0.6 is 0 Å². The van der Waals surface area contributed by atoms with E-state index in [1.165, 1.54) is 6.07 Å². The summed E-state index contributed by atoms with van der Waals surface area (Å²) in [5.74, 6) is -1.38. The molecule has 2 unspecified atom stereocenters. The number of benzene rings is 1. The fraction of sp³-hybridized carbons (Fsp3) is 0.545. The molecule has 0 bridgehead atoms. The van der Waals surface area contributed by atoms with Gasteiger partial charge in [0.1, 0.15) is 12.4 Å². The van der Waals surface area contributed by atoms with Crippen LogP contribution in [0, 0.1) is 11.6 Å². The Kier molecular flexibility index (Phi) is 7.33. The van der Waals surface area contributed by atoms with Crippen molar-refractivity contribution >= 4 is 5.91 Å². The third-order valence-electron chi connectivity index (χ3n) is 6.01. The number of methoxy groups -OCH3 is 1. The van der Waals surface area contributed by atoms with Crippen molar-refractivity contribution in [2.75, 3.05) is 53.0 Å². The Morgan fingerprint density at radius 1 is 1.28 bits per heavy atom. The summed E-state index contributed by atoms with van der Waals surface area (Å²) in [4.78, 5) is 16.7. The van der Waals surface area contributed by atoms with Crippen molar-refractivity contribution in [2.24, 2.45) is 0 Å². The minimum Gasteiger partial charge on any atom is -0.484 e. The molecule has 2 aromatic rings. The van der Waals surface area contributed by atoms with Gasteiger partial charge in [0, 0.05) is 69.6 Å². The first-order chi connectivity index (χ1) is 15.5. The topological polar surface area (TPSA) is 82.7 Å². The first-order valence-electron chi connectivity index (χ1n) is 10.9. The van der Waals surface area contributed by atoms with Crippen LogP contribution in [-0.4, -0.2) is 84.9 Å². The highest BCUT2D eigenvalue weighted by atomic mass is 19.1. The predicted octanol–water partition coefficient (Wildman–Crippen LogP) is 1.50. The van der Waals surface area contributed by atoms with E-state index in [1.54, 1.807) is 19.4 Å². The van der Waals surface area contributed by atoms with Crippen molar-refractivity contribution in [3.63, 3.8) is 0 Å². The third-order valence-corrected chi connectivity index (χ3v) is 6.01. The number of carbonyl (C=O) groups is 1. The molecule has 174 valence electrons. The number of amides is 1. The maximum absolute atomic E-state index is 14.4. The highest BCUT2D eigenvalue weighted by Gasteiger charge is 2.41. The average molecular weight is 450 g/mol. The number of carbonyl (C=O) groups excluding carboxylic acids is 1. The Balaban J connectivity index is 1.28. The molecule has 2 aliphatic rings. The molecule has 1 saturated heterocycles. The molecule has 1 aliphatic carbocycles. The van der Waals surface area contributed by atoms with E-state index in [9.17, 15) is 13.6 Å². The molecule has 2 heterocycles. The normalized spacial score (nSPS) is 21.0. The van der Waals surface area contributed by atoms with Crippen molar-refractivity contribution in [3.8, 4) is 5.75 Å². The number of aromatic nitrogens is 2. The third kappa shape index (κ3) is 5.62. The summed E-state index contributed by atoms with van der Waals surface area (Å²) >= 11 is 0. The number of rotatable bonds is 10. The Labute approximate surface area is 185 Å². The number of nitrogens with zero attached hydrogens (tertiary/aromatic N) is 3. The van der Waals surface area contributed by atoms with Crippen molar-refractivity contribution in [2.45, 2.75) is 25.0 Å². The van der Waals surface area contributed by atoms with Crippen LogP contribution in [0.1, 0.15) is 23.6 Å². The largest absolute Gasteiger partial charge is 0.484 e. The summed E-state index contributed by atoms with van der Waals surface area (Å²) < 4.78 is 39.1. The van der Waals surface area contributed by atoms with Gasteiger partial charge in [-0.15, -0.1) is 0 Å². The van der Waals surface area contributed by atoms with Gasteiger partial charge in [0.05, 0.1) is 18.8 Å². The molecule has 10 heteroatoms. The van der Waals surface area contributed by atoms with E-state index in [4.69, 9.17) is 9.47 Å². The fourth-order valence-corrected chi connectivity index (χ4v) is 4.06. The second-order valence-electron chi connectivity index (χ2n) is 8.22. The molecule has 2 atom stereocenters. The van der Waals surface area contributed by atoms with Gasteiger partial charge in [-0.3, -0.25) is 14.8 Å². The Hall–Kier alpha value is -2.56. The van der Waals surface area contributed by atoms with Crippen LogP contribution in [0.4, 0.5) is 8.78 Å². The van der Waals surface area contributed by atoms with Crippen molar-refractivity contribution < 1.29 is 23.0 Å². The first-order valence-corrected chi connectivity index (χ1v) is 10.9. The van der Waals surface area contributed by atoms with Crippen LogP contribution in [0.3, 0.4) is 0 Å². The second-order valence-corrected chi connectivity index (χ2v) is 8.22. The van der Waals surface area contributed by atoms with E-state index in [-0.39, 0.29) is 36.8 Å².